The van der Waals surface area contributed by atoms with Crippen molar-refractivity contribution < 1.29 is 14.7 Å². The molecule has 1 unspecified atom stereocenters. The Morgan fingerprint density at radius 3 is 2.14 bits per heavy atom. The van der Waals surface area contributed by atoms with Crippen molar-refractivity contribution in [3.05, 3.63) is 11.8 Å². The van der Waals surface area contributed by atoms with Crippen LogP contribution in [0, 0.1) is 11.3 Å². The normalized spacial score (nSPS) is 21.4. The standard InChI is InChI=1S/C9H14N2O3/c1-5(10)4-6(7(12)13)9(2-3-9)8(11)14/h4,6H,2-3,10H2,1H3,(H2,11,14)(H,12,13)/b5-4-. The van der Waals surface area contributed by atoms with E-state index in [0.717, 1.165) is 0 Å². The van der Waals surface area contributed by atoms with Crippen molar-refractivity contribution >= 4 is 11.9 Å². The van der Waals surface area contributed by atoms with Gasteiger partial charge in [0.15, 0.2) is 0 Å². The van der Waals surface area contributed by atoms with Crippen molar-refractivity contribution in [2.24, 2.45) is 22.8 Å². The number of rotatable bonds is 4. The summed E-state index contributed by atoms with van der Waals surface area (Å²) in [7, 11) is 0. The molecule has 1 aliphatic carbocycles. The number of hydrogen-bond acceptors (Lipinski definition) is 3. The van der Waals surface area contributed by atoms with E-state index in [4.69, 9.17) is 16.6 Å². The van der Waals surface area contributed by atoms with Crippen LogP contribution in [0.15, 0.2) is 11.8 Å². The Bertz CT molecular complexity index is 301. The minimum Gasteiger partial charge on any atom is -0.481 e. The van der Waals surface area contributed by atoms with Gasteiger partial charge >= 0.3 is 5.97 Å². The van der Waals surface area contributed by atoms with E-state index in [9.17, 15) is 9.59 Å². The molecule has 0 bridgehead atoms. The van der Waals surface area contributed by atoms with Crippen LogP contribution >= 0.6 is 0 Å². The van der Waals surface area contributed by atoms with E-state index in [2.05, 4.69) is 0 Å². The molecule has 1 amide bonds. The molecule has 1 aliphatic rings. The smallest absolute Gasteiger partial charge is 0.311 e. The Morgan fingerprint density at radius 2 is 1.93 bits per heavy atom. The lowest BCUT2D eigenvalue weighted by Crippen LogP contribution is -2.35. The summed E-state index contributed by atoms with van der Waals surface area (Å²) < 4.78 is 0. The van der Waals surface area contributed by atoms with Gasteiger partial charge in [-0.05, 0) is 19.8 Å². The van der Waals surface area contributed by atoms with Gasteiger partial charge < -0.3 is 16.6 Å². The van der Waals surface area contributed by atoms with E-state index in [1.807, 2.05) is 0 Å². The Balaban J connectivity index is 2.95. The molecule has 14 heavy (non-hydrogen) atoms. The highest BCUT2D eigenvalue weighted by molar-refractivity contribution is 5.90. The fraction of sp³-hybridized carbons (Fsp3) is 0.556. The molecule has 5 nitrogen and oxygen atoms in total. The summed E-state index contributed by atoms with van der Waals surface area (Å²) in [4.78, 5) is 22.0. The number of hydrogen-bond donors (Lipinski definition) is 3. The predicted octanol–water partition coefficient (Wildman–Crippen LogP) is -0.185. The van der Waals surface area contributed by atoms with Crippen LogP contribution < -0.4 is 11.5 Å². The maximum absolute atomic E-state index is 11.1. The van der Waals surface area contributed by atoms with E-state index in [1.165, 1.54) is 6.08 Å². The van der Waals surface area contributed by atoms with Crippen LogP contribution in [-0.2, 0) is 9.59 Å². The average Bonchev–Trinajstić information content (AvgIpc) is 2.79. The molecule has 0 spiro atoms. The van der Waals surface area contributed by atoms with Gasteiger partial charge in [-0.1, -0.05) is 6.08 Å². The van der Waals surface area contributed by atoms with Gasteiger partial charge in [0.1, 0.15) is 0 Å². The fourth-order valence-corrected chi connectivity index (χ4v) is 1.58. The van der Waals surface area contributed by atoms with Gasteiger partial charge in [-0.25, -0.2) is 0 Å². The number of carboxylic acids is 1. The lowest BCUT2D eigenvalue weighted by atomic mass is 9.87. The molecular weight excluding hydrogens is 184 g/mol. The largest absolute Gasteiger partial charge is 0.481 e. The number of carboxylic acid groups (broad SMARTS) is 1. The first-order chi connectivity index (χ1) is 6.40. The minimum atomic E-state index is -1.05. The molecule has 0 saturated heterocycles. The van der Waals surface area contributed by atoms with Crippen LogP contribution in [0.2, 0.25) is 0 Å². The third kappa shape index (κ3) is 1.71. The molecule has 5 N–H and O–H groups in total. The molecular formula is C9H14N2O3. The lowest BCUT2D eigenvalue weighted by Gasteiger charge is -2.17. The van der Waals surface area contributed by atoms with Gasteiger partial charge in [0.2, 0.25) is 5.91 Å². The van der Waals surface area contributed by atoms with Crippen LogP contribution in [-0.4, -0.2) is 17.0 Å². The van der Waals surface area contributed by atoms with Gasteiger partial charge in [0.25, 0.3) is 0 Å². The SMILES string of the molecule is C/C(N)=C/C(C(=O)O)C1(C(N)=O)CC1. The highest BCUT2D eigenvalue weighted by Gasteiger charge is 2.56. The summed E-state index contributed by atoms with van der Waals surface area (Å²) in [6, 6.07) is 0. The number of carbonyl (C=O) groups excluding carboxylic acids is 1. The maximum atomic E-state index is 11.1. The molecule has 0 aromatic heterocycles. The summed E-state index contributed by atoms with van der Waals surface area (Å²) in [5, 5.41) is 8.94. The molecule has 1 rings (SSSR count). The van der Waals surface area contributed by atoms with Crippen LogP contribution in [0.5, 0.6) is 0 Å². The van der Waals surface area contributed by atoms with Gasteiger partial charge in [0, 0.05) is 5.70 Å². The second kappa shape index (κ2) is 3.32. The molecule has 1 saturated carbocycles. The number of allylic oxidation sites excluding steroid dienone is 1. The van der Waals surface area contributed by atoms with E-state index in [0.29, 0.717) is 18.5 Å². The molecule has 0 radical (unpaired) electrons. The van der Waals surface area contributed by atoms with E-state index < -0.39 is 23.2 Å². The number of amides is 1. The number of nitrogens with two attached hydrogens (primary N) is 2. The van der Waals surface area contributed by atoms with Crippen molar-refractivity contribution in [1.29, 1.82) is 0 Å². The van der Waals surface area contributed by atoms with Crippen molar-refractivity contribution in [3.63, 3.8) is 0 Å². The molecule has 5 heteroatoms. The summed E-state index contributed by atoms with van der Waals surface area (Å²) in [5.41, 5.74) is 10.1. The highest BCUT2D eigenvalue weighted by Crippen LogP contribution is 2.52. The zero-order valence-electron chi connectivity index (χ0n) is 7.99. The van der Waals surface area contributed by atoms with Gasteiger partial charge in [0.05, 0.1) is 11.3 Å². The van der Waals surface area contributed by atoms with E-state index in [-0.39, 0.29) is 0 Å². The second-order valence-electron chi connectivity index (χ2n) is 3.75. The van der Waals surface area contributed by atoms with Gasteiger partial charge in [-0.2, -0.15) is 0 Å². The maximum Gasteiger partial charge on any atom is 0.311 e. The van der Waals surface area contributed by atoms with Crippen LogP contribution in [0.25, 0.3) is 0 Å². The first-order valence-corrected chi connectivity index (χ1v) is 4.37. The van der Waals surface area contributed by atoms with Crippen molar-refractivity contribution in [2.45, 2.75) is 19.8 Å². The number of primary amides is 1. The Hall–Kier alpha value is -1.52. The molecule has 78 valence electrons. The quantitative estimate of drug-likeness (QED) is 0.582. The molecule has 0 aromatic carbocycles. The van der Waals surface area contributed by atoms with Crippen molar-refractivity contribution in [3.8, 4) is 0 Å². The van der Waals surface area contributed by atoms with E-state index >= 15 is 0 Å². The Labute approximate surface area is 81.8 Å². The molecule has 0 heterocycles. The summed E-state index contributed by atoms with van der Waals surface area (Å²) in [6.07, 6.45) is 2.45. The van der Waals surface area contributed by atoms with Crippen LogP contribution in [0.3, 0.4) is 0 Å². The third-order valence-electron chi connectivity index (χ3n) is 2.57. The zero-order valence-corrected chi connectivity index (χ0v) is 7.99. The first kappa shape index (κ1) is 10.6. The molecule has 0 aliphatic heterocycles. The van der Waals surface area contributed by atoms with Crippen molar-refractivity contribution in [1.82, 2.24) is 0 Å². The number of carbonyl (C=O) groups is 2. The number of aliphatic carboxylic acids is 1. The Morgan fingerprint density at radius 1 is 1.43 bits per heavy atom. The van der Waals surface area contributed by atoms with Gasteiger partial charge in [-0.3, -0.25) is 9.59 Å². The monoisotopic (exact) mass is 198 g/mol. The predicted molar refractivity (Wildman–Crippen MR) is 49.9 cm³/mol. The molecule has 1 atom stereocenters. The summed E-state index contributed by atoms with van der Waals surface area (Å²) in [6.45, 7) is 1.59. The van der Waals surface area contributed by atoms with Crippen molar-refractivity contribution in [2.75, 3.05) is 0 Å². The second-order valence-corrected chi connectivity index (χ2v) is 3.75. The topological polar surface area (TPSA) is 106 Å². The third-order valence-corrected chi connectivity index (χ3v) is 2.57. The van der Waals surface area contributed by atoms with E-state index in [1.54, 1.807) is 6.92 Å². The summed E-state index contributed by atoms with van der Waals surface area (Å²) in [5.74, 6) is -2.49. The molecule has 1 fully saturated rings. The first-order valence-electron chi connectivity index (χ1n) is 4.37. The Kier molecular flexibility index (Phi) is 2.51. The van der Waals surface area contributed by atoms with Gasteiger partial charge in [-0.15, -0.1) is 0 Å². The molecule has 0 aromatic rings. The average molecular weight is 198 g/mol. The highest BCUT2D eigenvalue weighted by atomic mass is 16.4. The van der Waals surface area contributed by atoms with Crippen LogP contribution in [0.1, 0.15) is 19.8 Å². The fourth-order valence-electron chi connectivity index (χ4n) is 1.58. The minimum absolute atomic E-state index is 0.393. The lowest BCUT2D eigenvalue weighted by molar-refractivity contribution is -0.145. The summed E-state index contributed by atoms with van der Waals surface area (Å²) >= 11 is 0. The zero-order chi connectivity index (χ0) is 10.9. The van der Waals surface area contributed by atoms with Crippen LogP contribution in [0.4, 0.5) is 0 Å².